The fourth-order valence-electron chi connectivity index (χ4n) is 2.32. The molecule has 0 N–H and O–H groups in total. The van der Waals surface area contributed by atoms with E-state index in [0.29, 0.717) is 11.3 Å². The highest BCUT2D eigenvalue weighted by atomic mass is 16.6. The predicted octanol–water partition coefficient (Wildman–Crippen LogP) is 3.50. The Morgan fingerprint density at radius 1 is 1.15 bits per heavy atom. The van der Waals surface area contributed by atoms with Crippen LogP contribution < -0.4 is 4.74 Å². The number of esters is 1. The van der Waals surface area contributed by atoms with Gasteiger partial charge in [-0.05, 0) is 24.3 Å². The largest absolute Gasteiger partial charge is 0.496 e. The Morgan fingerprint density at radius 2 is 1.88 bits per heavy atom. The number of nitro groups is 1. The summed E-state index contributed by atoms with van der Waals surface area (Å²) in [4.78, 5) is 26.3. The minimum atomic E-state index is -0.581. The Morgan fingerprint density at radius 3 is 2.58 bits per heavy atom. The minimum absolute atomic E-state index is 0.0471. The predicted molar refractivity (Wildman–Crippen MR) is 95.8 cm³/mol. The first-order valence-corrected chi connectivity index (χ1v) is 7.65. The van der Waals surface area contributed by atoms with Crippen LogP contribution in [0.25, 0.3) is 6.08 Å². The second kappa shape index (κ2) is 7.43. The van der Waals surface area contributed by atoms with Crippen LogP contribution in [0.5, 0.6) is 5.75 Å². The SMILES string of the molecule is COc1ccccc1/C=C/C=C1\N=C(c2ccc([N+](=O)[O-])cc2)OC1=O. The smallest absolute Gasteiger partial charge is 0.363 e. The van der Waals surface area contributed by atoms with E-state index in [4.69, 9.17) is 9.47 Å². The summed E-state index contributed by atoms with van der Waals surface area (Å²) in [7, 11) is 1.58. The quantitative estimate of drug-likeness (QED) is 0.356. The number of aliphatic imine (C=N–C) groups is 1. The summed E-state index contributed by atoms with van der Waals surface area (Å²) in [5.41, 5.74) is 1.44. The van der Waals surface area contributed by atoms with Gasteiger partial charge in [0.15, 0.2) is 5.70 Å². The van der Waals surface area contributed by atoms with Gasteiger partial charge in [-0.25, -0.2) is 9.79 Å². The fourth-order valence-corrected chi connectivity index (χ4v) is 2.32. The molecule has 1 aliphatic rings. The molecule has 1 heterocycles. The number of hydrogen-bond donors (Lipinski definition) is 0. The second-order valence-corrected chi connectivity index (χ2v) is 5.26. The molecule has 0 radical (unpaired) electrons. The topological polar surface area (TPSA) is 91.0 Å². The molecule has 2 aromatic rings. The van der Waals surface area contributed by atoms with Crippen molar-refractivity contribution in [2.75, 3.05) is 7.11 Å². The zero-order valence-electron chi connectivity index (χ0n) is 13.8. The molecule has 26 heavy (non-hydrogen) atoms. The number of non-ortho nitro benzene ring substituents is 1. The summed E-state index contributed by atoms with van der Waals surface area (Å²) in [6, 6.07) is 13.1. The van der Waals surface area contributed by atoms with Crippen LogP contribution in [0, 0.1) is 10.1 Å². The average molecular weight is 350 g/mol. The van der Waals surface area contributed by atoms with Crippen molar-refractivity contribution in [1.29, 1.82) is 0 Å². The zero-order valence-corrected chi connectivity index (χ0v) is 13.8. The lowest BCUT2D eigenvalue weighted by molar-refractivity contribution is -0.384. The number of rotatable bonds is 5. The van der Waals surface area contributed by atoms with E-state index in [2.05, 4.69) is 4.99 Å². The van der Waals surface area contributed by atoms with Crippen molar-refractivity contribution in [2.45, 2.75) is 0 Å². The lowest BCUT2D eigenvalue weighted by Crippen LogP contribution is -2.05. The van der Waals surface area contributed by atoms with Crippen molar-refractivity contribution in [3.05, 3.63) is 87.6 Å². The zero-order chi connectivity index (χ0) is 18.5. The number of hydrogen-bond acceptors (Lipinski definition) is 6. The number of carbonyl (C=O) groups is 1. The molecule has 7 nitrogen and oxygen atoms in total. The van der Waals surface area contributed by atoms with E-state index < -0.39 is 10.9 Å². The number of para-hydroxylation sites is 1. The van der Waals surface area contributed by atoms with Crippen molar-refractivity contribution in [3.8, 4) is 5.75 Å². The molecule has 2 aromatic carbocycles. The highest BCUT2D eigenvalue weighted by molar-refractivity contribution is 6.11. The Hall–Kier alpha value is -3.74. The van der Waals surface area contributed by atoms with Gasteiger partial charge in [-0.2, -0.15) is 0 Å². The molecule has 1 aliphatic heterocycles. The van der Waals surface area contributed by atoms with E-state index in [0.717, 1.165) is 5.56 Å². The first-order valence-electron chi connectivity index (χ1n) is 7.65. The van der Waals surface area contributed by atoms with Gasteiger partial charge in [0.25, 0.3) is 5.69 Å². The van der Waals surface area contributed by atoms with Gasteiger partial charge in [0.2, 0.25) is 5.90 Å². The van der Waals surface area contributed by atoms with E-state index in [1.54, 1.807) is 19.3 Å². The van der Waals surface area contributed by atoms with Crippen LogP contribution in [0.3, 0.4) is 0 Å². The molecule has 0 fully saturated rings. The number of ether oxygens (including phenoxy) is 2. The van der Waals surface area contributed by atoms with Crippen LogP contribution in [0.2, 0.25) is 0 Å². The summed E-state index contributed by atoms with van der Waals surface area (Å²) in [5, 5.41) is 10.7. The normalized spacial score (nSPS) is 15.2. The lowest BCUT2D eigenvalue weighted by atomic mass is 10.2. The van der Waals surface area contributed by atoms with Crippen LogP contribution >= 0.6 is 0 Å². The first-order chi connectivity index (χ1) is 12.6. The van der Waals surface area contributed by atoms with E-state index in [-0.39, 0.29) is 17.3 Å². The van der Waals surface area contributed by atoms with Gasteiger partial charge in [-0.3, -0.25) is 10.1 Å². The number of cyclic esters (lactones) is 1. The summed E-state index contributed by atoms with van der Waals surface area (Å²) in [6.07, 6.45) is 5.00. The van der Waals surface area contributed by atoms with Crippen molar-refractivity contribution >= 4 is 23.6 Å². The molecule has 3 rings (SSSR count). The summed E-state index contributed by atoms with van der Waals surface area (Å²) < 4.78 is 10.4. The number of methoxy groups -OCH3 is 1. The maximum atomic E-state index is 11.9. The first kappa shape index (κ1) is 17.1. The average Bonchev–Trinajstić information content (AvgIpc) is 3.03. The molecule has 0 aliphatic carbocycles. The summed E-state index contributed by atoms with van der Waals surface area (Å²) in [6.45, 7) is 0. The molecule has 0 saturated heterocycles. The standard InChI is InChI=1S/C19H14N2O5/c1-25-17-8-3-2-5-13(17)6-4-7-16-19(22)26-18(20-16)14-9-11-15(12-10-14)21(23)24/h2-12H,1H3/b6-4+,16-7-. The van der Waals surface area contributed by atoms with Crippen molar-refractivity contribution in [2.24, 2.45) is 4.99 Å². The minimum Gasteiger partial charge on any atom is -0.496 e. The Bertz CT molecular complexity index is 943. The van der Waals surface area contributed by atoms with Gasteiger partial charge in [-0.15, -0.1) is 0 Å². The molecular formula is C19H14N2O5. The molecule has 0 saturated carbocycles. The molecular weight excluding hydrogens is 336 g/mol. The summed E-state index contributed by atoms with van der Waals surface area (Å²) in [5.74, 6) is 0.246. The molecule has 0 atom stereocenters. The number of allylic oxidation sites excluding steroid dienone is 2. The Kier molecular flexibility index (Phi) is 4.89. The molecule has 0 aromatic heterocycles. The van der Waals surface area contributed by atoms with Crippen LogP contribution in [0.1, 0.15) is 11.1 Å². The third kappa shape index (κ3) is 3.67. The van der Waals surface area contributed by atoms with Crippen LogP contribution in [-0.4, -0.2) is 23.9 Å². The molecule has 0 bridgehead atoms. The van der Waals surface area contributed by atoms with Crippen LogP contribution in [0.15, 0.2) is 71.4 Å². The molecule has 130 valence electrons. The maximum Gasteiger partial charge on any atom is 0.363 e. The number of nitro benzene ring substituents is 1. The van der Waals surface area contributed by atoms with Gasteiger partial charge in [0.1, 0.15) is 5.75 Å². The third-order valence-corrected chi connectivity index (χ3v) is 3.61. The third-order valence-electron chi connectivity index (χ3n) is 3.61. The molecule has 0 spiro atoms. The summed E-state index contributed by atoms with van der Waals surface area (Å²) >= 11 is 0. The van der Waals surface area contributed by atoms with E-state index in [1.165, 1.54) is 30.3 Å². The van der Waals surface area contributed by atoms with Gasteiger partial charge in [-0.1, -0.05) is 30.4 Å². The number of carbonyl (C=O) groups excluding carboxylic acids is 1. The van der Waals surface area contributed by atoms with E-state index in [9.17, 15) is 14.9 Å². The molecule has 0 amide bonds. The highest BCUT2D eigenvalue weighted by Gasteiger charge is 2.23. The lowest BCUT2D eigenvalue weighted by Gasteiger charge is -2.02. The van der Waals surface area contributed by atoms with Crippen LogP contribution in [-0.2, 0) is 9.53 Å². The number of benzene rings is 2. The number of nitrogens with zero attached hydrogens (tertiary/aromatic N) is 2. The highest BCUT2D eigenvalue weighted by Crippen LogP contribution is 2.21. The molecule has 0 unspecified atom stereocenters. The Labute approximate surface area is 149 Å². The van der Waals surface area contributed by atoms with Crippen LogP contribution in [0.4, 0.5) is 5.69 Å². The van der Waals surface area contributed by atoms with E-state index >= 15 is 0 Å². The van der Waals surface area contributed by atoms with Gasteiger partial charge in [0, 0.05) is 23.3 Å². The molecule has 7 heteroatoms. The fraction of sp³-hybridized carbons (Fsp3) is 0.0526. The Balaban J connectivity index is 1.80. The van der Waals surface area contributed by atoms with Crippen molar-refractivity contribution in [1.82, 2.24) is 0 Å². The van der Waals surface area contributed by atoms with Gasteiger partial charge in [0.05, 0.1) is 12.0 Å². The van der Waals surface area contributed by atoms with Crippen molar-refractivity contribution < 1.29 is 19.2 Å². The maximum absolute atomic E-state index is 11.9. The van der Waals surface area contributed by atoms with E-state index in [1.807, 2.05) is 24.3 Å². The monoisotopic (exact) mass is 350 g/mol. The van der Waals surface area contributed by atoms with Crippen molar-refractivity contribution in [3.63, 3.8) is 0 Å². The van der Waals surface area contributed by atoms with Gasteiger partial charge >= 0.3 is 5.97 Å². The second-order valence-electron chi connectivity index (χ2n) is 5.26. The van der Waals surface area contributed by atoms with Gasteiger partial charge < -0.3 is 9.47 Å².